The highest BCUT2D eigenvalue weighted by molar-refractivity contribution is 5.96. The molecule has 0 bridgehead atoms. The summed E-state index contributed by atoms with van der Waals surface area (Å²) in [5.41, 5.74) is 0.180. The molecule has 0 aliphatic heterocycles. The summed E-state index contributed by atoms with van der Waals surface area (Å²) < 4.78 is 88.4. The number of hydrogen-bond donors (Lipinski definition) is 3. The standard InChI is InChI=1S/C24H26F6N6O5/c25-16(26)1-2-19(37)33-21(38)13-7-18-32-15(9-36(18)31-8-13)20(12-3-5-24(29,30)6-4-12)34-22(39)14-10-41-35-23(14)40-11-17(27)28/h7-10,12,16-17,20-21,38H,1-6,11H2,(H,33,37)(H,34,39)/t20-,21+/m0/s1. The molecule has 2 atom stereocenters. The first kappa shape index (κ1) is 30.1. The molecule has 0 unspecified atom stereocenters. The fraction of sp³-hybridized carbons (Fsp3) is 0.542. The summed E-state index contributed by atoms with van der Waals surface area (Å²) in [5.74, 6) is -5.45. The molecular weight excluding hydrogens is 566 g/mol. The summed E-state index contributed by atoms with van der Waals surface area (Å²) in [4.78, 5) is 29.3. The van der Waals surface area contributed by atoms with Crippen molar-refractivity contribution in [2.45, 2.75) is 69.6 Å². The molecule has 1 fully saturated rings. The average molecular weight is 592 g/mol. The van der Waals surface area contributed by atoms with Crippen molar-refractivity contribution in [2.75, 3.05) is 6.61 Å². The molecule has 1 saturated carbocycles. The minimum absolute atomic E-state index is 0.0340. The van der Waals surface area contributed by atoms with Crippen molar-refractivity contribution in [1.82, 2.24) is 30.4 Å². The van der Waals surface area contributed by atoms with Crippen LogP contribution >= 0.6 is 0 Å². The molecule has 4 rings (SSSR count). The maximum absolute atomic E-state index is 13.9. The predicted molar refractivity (Wildman–Crippen MR) is 126 cm³/mol. The Morgan fingerprint density at radius 2 is 1.90 bits per heavy atom. The lowest BCUT2D eigenvalue weighted by molar-refractivity contribution is -0.124. The number of ether oxygens (including phenoxy) is 1. The van der Waals surface area contributed by atoms with Crippen LogP contribution in [0, 0.1) is 5.92 Å². The highest BCUT2D eigenvalue weighted by Crippen LogP contribution is 2.41. The number of nitrogens with zero attached hydrogens (tertiary/aromatic N) is 4. The maximum atomic E-state index is 13.9. The van der Waals surface area contributed by atoms with E-state index in [0.717, 1.165) is 6.26 Å². The van der Waals surface area contributed by atoms with Gasteiger partial charge >= 0.3 is 0 Å². The van der Waals surface area contributed by atoms with Crippen LogP contribution in [0.25, 0.3) is 5.65 Å². The van der Waals surface area contributed by atoms with Crippen molar-refractivity contribution in [3.05, 3.63) is 41.5 Å². The van der Waals surface area contributed by atoms with Gasteiger partial charge in [-0.1, -0.05) is 0 Å². The molecular formula is C24H26F6N6O5. The third kappa shape index (κ3) is 7.86. The van der Waals surface area contributed by atoms with Crippen molar-refractivity contribution < 1.29 is 50.3 Å². The Morgan fingerprint density at radius 1 is 1.17 bits per heavy atom. The van der Waals surface area contributed by atoms with Crippen molar-refractivity contribution in [3.8, 4) is 5.88 Å². The molecule has 17 heteroatoms. The monoisotopic (exact) mass is 592 g/mol. The molecule has 2 amide bonds. The van der Waals surface area contributed by atoms with Gasteiger partial charge in [0.2, 0.25) is 18.3 Å². The van der Waals surface area contributed by atoms with Crippen molar-refractivity contribution in [1.29, 1.82) is 0 Å². The Labute approximate surface area is 228 Å². The largest absolute Gasteiger partial charge is 0.469 e. The van der Waals surface area contributed by atoms with Gasteiger partial charge in [0.25, 0.3) is 18.2 Å². The summed E-state index contributed by atoms with van der Waals surface area (Å²) in [6.07, 6.45) is -5.50. The second-order valence-corrected chi connectivity index (χ2v) is 9.54. The zero-order valence-electron chi connectivity index (χ0n) is 21.3. The Kier molecular flexibility index (Phi) is 9.35. The van der Waals surface area contributed by atoms with Gasteiger partial charge in [-0.25, -0.2) is 35.8 Å². The van der Waals surface area contributed by atoms with Gasteiger partial charge in [0, 0.05) is 31.2 Å². The lowest BCUT2D eigenvalue weighted by Gasteiger charge is -2.33. The fourth-order valence-corrected chi connectivity index (χ4v) is 4.43. The van der Waals surface area contributed by atoms with Gasteiger partial charge in [0.15, 0.2) is 18.5 Å². The molecule has 3 N–H and O–H groups in total. The molecule has 224 valence electrons. The lowest BCUT2D eigenvalue weighted by atomic mass is 9.81. The van der Waals surface area contributed by atoms with Gasteiger partial charge < -0.3 is 25.0 Å². The van der Waals surface area contributed by atoms with E-state index in [1.165, 1.54) is 23.0 Å². The van der Waals surface area contributed by atoms with Crippen LogP contribution in [-0.2, 0) is 4.79 Å². The van der Waals surface area contributed by atoms with Gasteiger partial charge in [-0.3, -0.25) is 9.59 Å². The van der Waals surface area contributed by atoms with Gasteiger partial charge in [-0.05, 0) is 30.0 Å². The number of amides is 2. The third-order valence-electron chi connectivity index (χ3n) is 6.53. The number of carbonyl (C=O) groups excluding carboxylic acids is 2. The number of carbonyl (C=O) groups is 2. The first-order valence-electron chi connectivity index (χ1n) is 12.6. The van der Waals surface area contributed by atoms with Crippen LogP contribution in [-0.4, -0.2) is 62.1 Å². The first-order chi connectivity index (χ1) is 19.4. The second kappa shape index (κ2) is 12.7. The van der Waals surface area contributed by atoms with Crippen LogP contribution in [0.5, 0.6) is 5.88 Å². The molecule has 0 radical (unpaired) electrons. The number of fused-ring (bicyclic) bond motifs is 1. The molecule has 3 aromatic rings. The molecule has 0 saturated heterocycles. The lowest BCUT2D eigenvalue weighted by Crippen LogP contribution is -2.37. The third-order valence-corrected chi connectivity index (χ3v) is 6.53. The Bertz CT molecular complexity index is 1340. The van der Waals surface area contributed by atoms with E-state index in [9.17, 15) is 41.0 Å². The molecule has 0 spiro atoms. The molecule has 3 heterocycles. The van der Waals surface area contributed by atoms with Gasteiger partial charge in [-0.15, -0.1) is 0 Å². The number of nitrogens with one attached hydrogen (secondary N) is 2. The summed E-state index contributed by atoms with van der Waals surface area (Å²) in [5, 5.41) is 22.7. The number of imidazole rings is 1. The summed E-state index contributed by atoms with van der Waals surface area (Å²) in [6.45, 7) is -1.03. The molecule has 1 aliphatic rings. The van der Waals surface area contributed by atoms with Crippen LogP contribution < -0.4 is 15.4 Å². The number of rotatable bonds is 12. The minimum Gasteiger partial charge on any atom is -0.469 e. The number of hydrogen-bond acceptors (Lipinski definition) is 8. The predicted octanol–water partition coefficient (Wildman–Crippen LogP) is 3.81. The smallest absolute Gasteiger partial charge is 0.272 e. The van der Waals surface area contributed by atoms with E-state index in [1.807, 2.05) is 0 Å². The number of aromatic nitrogens is 4. The zero-order valence-corrected chi connectivity index (χ0v) is 21.3. The summed E-state index contributed by atoms with van der Waals surface area (Å²) in [6, 6.07) is 0.430. The topological polar surface area (TPSA) is 144 Å². The molecule has 41 heavy (non-hydrogen) atoms. The van der Waals surface area contributed by atoms with Crippen molar-refractivity contribution >= 4 is 17.5 Å². The van der Waals surface area contributed by atoms with Crippen molar-refractivity contribution in [3.63, 3.8) is 0 Å². The number of aliphatic hydroxyl groups excluding tert-OH is 1. The van der Waals surface area contributed by atoms with Gasteiger partial charge in [-0.2, -0.15) is 5.10 Å². The van der Waals surface area contributed by atoms with E-state index in [0.29, 0.717) is 0 Å². The van der Waals surface area contributed by atoms with Crippen LogP contribution in [0.15, 0.2) is 29.2 Å². The molecule has 3 aromatic heterocycles. The van der Waals surface area contributed by atoms with Crippen LogP contribution in [0.4, 0.5) is 26.3 Å². The quantitative estimate of drug-likeness (QED) is 0.213. The summed E-state index contributed by atoms with van der Waals surface area (Å²) in [7, 11) is 0. The minimum atomic E-state index is -2.86. The van der Waals surface area contributed by atoms with E-state index in [4.69, 9.17) is 9.26 Å². The SMILES string of the molecule is O=C(CCC(F)F)N[C@H](O)c1cnn2cc([C@@H](NC(=O)c3conc3OCC(F)F)C3CCC(F)(F)CC3)nc2c1. The number of alkyl halides is 6. The number of aliphatic hydroxyl groups is 1. The first-order valence-corrected chi connectivity index (χ1v) is 12.6. The Balaban J connectivity index is 1.56. The fourth-order valence-electron chi connectivity index (χ4n) is 4.43. The zero-order chi connectivity index (χ0) is 29.7. The summed E-state index contributed by atoms with van der Waals surface area (Å²) >= 11 is 0. The average Bonchev–Trinajstić information content (AvgIpc) is 3.56. The molecule has 1 aliphatic carbocycles. The Hall–Kier alpha value is -3.89. The second-order valence-electron chi connectivity index (χ2n) is 9.54. The van der Waals surface area contributed by atoms with Gasteiger partial charge in [0.05, 0.1) is 24.1 Å². The van der Waals surface area contributed by atoms with E-state index in [1.54, 1.807) is 0 Å². The molecule has 0 aromatic carbocycles. The van der Waals surface area contributed by atoms with E-state index >= 15 is 0 Å². The molecule has 11 nitrogen and oxygen atoms in total. The van der Waals surface area contributed by atoms with E-state index < -0.39 is 86.9 Å². The maximum Gasteiger partial charge on any atom is 0.272 e. The highest BCUT2D eigenvalue weighted by atomic mass is 19.3. The van der Waals surface area contributed by atoms with Gasteiger partial charge in [0.1, 0.15) is 11.8 Å². The van der Waals surface area contributed by atoms with Crippen LogP contribution in [0.3, 0.4) is 0 Å². The normalized spacial score (nSPS) is 17.1. The van der Waals surface area contributed by atoms with Crippen LogP contribution in [0.2, 0.25) is 0 Å². The highest BCUT2D eigenvalue weighted by Gasteiger charge is 2.39. The number of halogens is 6. The Morgan fingerprint density at radius 3 is 2.59 bits per heavy atom. The van der Waals surface area contributed by atoms with Crippen LogP contribution in [0.1, 0.15) is 72.4 Å². The van der Waals surface area contributed by atoms with Crippen molar-refractivity contribution in [2.24, 2.45) is 5.92 Å². The van der Waals surface area contributed by atoms with E-state index in [-0.39, 0.29) is 35.3 Å². The van der Waals surface area contributed by atoms with E-state index in [2.05, 4.69) is 25.9 Å².